The first-order valence-electron chi connectivity index (χ1n) is 5.36. The molecule has 6 heteroatoms. The lowest BCUT2D eigenvalue weighted by Crippen LogP contribution is -2.30. The van der Waals surface area contributed by atoms with Gasteiger partial charge >= 0.3 is 0 Å². The molecule has 1 unspecified atom stereocenters. The Morgan fingerprint density at radius 1 is 1.33 bits per heavy atom. The molecule has 0 aliphatic rings. The summed E-state index contributed by atoms with van der Waals surface area (Å²) in [6, 6.07) is 5.66. The largest absolute Gasteiger partial charge is 0.271 e. The third-order valence-corrected chi connectivity index (χ3v) is 3.37. The van der Waals surface area contributed by atoms with Crippen LogP contribution < -0.4 is 11.3 Å². The minimum absolute atomic E-state index is 0.0887. The van der Waals surface area contributed by atoms with Gasteiger partial charge in [-0.25, -0.2) is 0 Å². The molecule has 2 aromatic rings. The van der Waals surface area contributed by atoms with E-state index in [0.717, 1.165) is 15.7 Å². The minimum atomic E-state index is -0.0887. The molecule has 0 fully saturated rings. The average molecular weight is 328 g/mol. The summed E-state index contributed by atoms with van der Waals surface area (Å²) < 4.78 is 0.949. The standard InChI is InChI=1S/C12H12BrClN4/c13-8-1-2-9(17-6-8)5-12(18-15)10-3-4-16-7-11(10)14/h1-4,6-7,12,18H,5,15H2. The number of nitrogens with one attached hydrogen (secondary N) is 1. The highest BCUT2D eigenvalue weighted by Crippen LogP contribution is 2.24. The van der Waals surface area contributed by atoms with Gasteiger partial charge in [0, 0.05) is 35.2 Å². The third kappa shape index (κ3) is 3.26. The van der Waals surface area contributed by atoms with Gasteiger partial charge in [0.05, 0.1) is 11.1 Å². The van der Waals surface area contributed by atoms with Crippen molar-refractivity contribution < 1.29 is 0 Å². The summed E-state index contributed by atoms with van der Waals surface area (Å²) in [5.41, 5.74) is 4.61. The Morgan fingerprint density at radius 2 is 2.17 bits per heavy atom. The third-order valence-electron chi connectivity index (χ3n) is 2.58. The lowest BCUT2D eigenvalue weighted by Gasteiger charge is -2.16. The fourth-order valence-corrected chi connectivity index (χ4v) is 2.15. The Kier molecular flexibility index (Phi) is 4.66. The van der Waals surface area contributed by atoms with Gasteiger partial charge in [-0.2, -0.15) is 0 Å². The number of hydrogen-bond donors (Lipinski definition) is 2. The Bertz CT molecular complexity index is 518. The molecule has 0 saturated carbocycles. The van der Waals surface area contributed by atoms with Gasteiger partial charge < -0.3 is 0 Å². The van der Waals surface area contributed by atoms with Gasteiger partial charge in [-0.1, -0.05) is 11.6 Å². The van der Waals surface area contributed by atoms with Crippen molar-refractivity contribution in [1.82, 2.24) is 15.4 Å². The number of hydrazine groups is 1. The van der Waals surface area contributed by atoms with Crippen LogP contribution in [0.15, 0.2) is 41.3 Å². The van der Waals surface area contributed by atoms with Crippen molar-refractivity contribution in [2.24, 2.45) is 5.84 Å². The maximum atomic E-state index is 6.10. The summed E-state index contributed by atoms with van der Waals surface area (Å²) in [6.07, 6.45) is 5.72. The van der Waals surface area contributed by atoms with Gasteiger partial charge in [0.1, 0.15) is 0 Å². The molecule has 0 amide bonds. The van der Waals surface area contributed by atoms with Crippen molar-refractivity contribution in [3.8, 4) is 0 Å². The first-order valence-corrected chi connectivity index (χ1v) is 6.54. The second-order valence-corrected chi connectivity index (χ2v) is 5.11. The number of nitrogens with zero attached hydrogens (tertiary/aromatic N) is 2. The Labute approximate surface area is 119 Å². The molecule has 0 bridgehead atoms. The number of pyridine rings is 2. The highest BCUT2D eigenvalue weighted by Gasteiger charge is 2.14. The zero-order valence-corrected chi connectivity index (χ0v) is 11.8. The summed E-state index contributed by atoms with van der Waals surface area (Å²) in [7, 11) is 0. The molecule has 94 valence electrons. The van der Waals surface area contributed by atoms with Crippen molar-refractivity contribution in [3.05, 3.63) is 57.5 Å². The molecule has 1 atom stereocenters. The van der Waals surface area contributed by atoms with Crippen molar-refractivity contribution in [2.45, 2.75) is 12.5 Å². The summed E-state index contributed by atoms with van der Waals surface area (Å²) >= 11 is 9.46. The molecule has 0 spiro atoms. The predicted molar refractivity (Wildman–Crippen MR) is 75.0 cm³/mol. The van der Waals surface area contributed by atoms with Crippen LogP contribution in [-0.2, 0) is 6.42 Å². The molecular formula is C12H12BrClN4. The van der Waals surface area contributed by atoms with Crippen molar-refractivity contribution in [1.29, 1.82) is 0 Å². The van der Waals surface area contributed by atoms with E-state index in [0.29, 0.717) is 11.4 Å². The maximum Gasteiger partial charge on any atom is 0.0637 e. The number of aromatic nitrogens is 2. The van der Waals surface area contributed by atoms with Gasteiger partial charge in [0.2, 0.25) is 0 Å². The molecule has 2 rings (SSSR count). The van der Waals surface area contributed by atoms with Gasteiger partial charge in [-0.05, 0) is 39.7 Å². The van der Waals surface area contributed by atoms with Crippen LogP contribution in [0.25, 0.3) is 0 Å². The number of rotatable bonds is 4. The second-order valence-electron chi connectivity index (χ2n) is 3.79. The minimum Gasteiger partial charge on any atom is -0.271 e. The molecular weight excluding hydrogens is 316 g/mol. The predicted octanol–water partition coefficient (Wildman–Crippen LogP) is 2.64. The zero-order chi connectivity index (χ0) is 13.0. The smallest absolute Gasteiger partial charge is 0.0637 e. The van der Waals surface area contributed by atoms with Crippen molar-refractivity contribution in [3.63, 3.8) is 0 Å². The molecule has 0 radical (unpaired) electrons. The normalized spacial score (nSPS) is 12.4. The molecule has 3 N–H and O–H groups in total. The first kappa shape index (κ1) is 13.4. The van der Waals surface area contributed by atoms with Gasteiger partial charge in [0.15, 0.2) is 0 Å². The highest BCUT2D eigenvalue weighted by molar-refractivity contribution is 9.10. The number of nitrogens with two attached hydrogens (primary N) is 1. The van der Waals surface area contributed by atoms with E-state index in [1.54, 1.807) is 18.6 Å². The molecule has 0 aromatic carbocycles. The monoisotopic (exact) mass is 326 g/mol. The lowest BCUT2D eigenvalue weighted by molar-refractivity contribution is 0.545. The molecule has 0 aliphatic heterocycles. The topological polar surface area (TPSA) is 63.8 Å². The van der Waals surface area contributed by atoms with Crippen LogP contribution in [0, 0.1) is 0 Å². The molecule has 0 aliphatic carbocycles. The van der Waals surface area contributed by atoms with E-state index in [1.807, 2.05) is 18.2 Å². The lowest BCUT2D eigenvalue weighted by atomic mass is 10.0. The summed E-state index contributed by atoms with van der Waals surface area (Å²) in [4.78, 5) is 8.28. The van der Waals surface area contributed by atoms with Gasteiger partial charge in [-0.3, -0.25) is 21.2 Å². The van der Waals surface area contributed by atoms with Gasteiger partial charge in [0.25, 0.3) is 0 Å². The van der Waals surface area contributed by atoms with Crippen LogP contribution in [0.1, 0.15) is 17.3 Å². The Hall–Kier alpha value is -1.01. The quantitative estimate of drug-likeness (QED) is 0.669. The van der Waals surface area contributed by atoms with E-state index in [1.165, 1.54) is 0 Å². The van der Waals surface area contributed by atoms with E-state index in [-0.39, 0.29) is 6.04 Å². The van der Waals surface area contributed by atoms with Crippen LogP contribution in [0.2, 0.25) is 5.02 Å². The van der Waals surface area contributed by atoms with E-state index >= 15 is 0 Å². The second kappa shape index (κ2) is 6.24. The molecule has 2 aromatic heterocycles. The number of hydrogen-bond acceptors (Lipinski definition) is 4. The van der Waals surface area contributed by atoms with Crippen LogP contribution in [-0.4, -0.2) is 9.97 Å². The fourth-order valence-electron chi connectivity index (χ4n) is 1.66. The zero-order valence-electron chi connectivity index (χ0n) is 9.48. The van der Waals surface area contributed by atoms with Crippen LogP contribution in [0.4, 0.5) is 0 Å². The van der Waals surface area contributed by atoms with E-state index in [9.17, 15) is 0 Å². The van der Waals surface area contributed by atoms with Crippen LogP contribution in [0.5, 0.6) is 0 Å². The summed E-state index contributed by atoms with van der Waals surface area (Å²) in [6.45, 7) is 0. The summed E-state index contributed by atoms with van der Waals surface area (Å²) in [5.74, 6) is 5.59. The van der Waals surface area contributed by atoms with Crippen molar-refractivity contribution >= 4 is 27.5 Å². The SMILES string of the molecule is NNC(Cc1ccc(Br)cn1)c1ccncc1Cl. The average Bonchev–Trinajstić information content (AvgIpc) is 2.39. The van der Waals surface area contributed by atoms with E-state index < -0.39 is 0 Å². The maximum absolute atomic E-state index is 6.10. The molecule has 0 saturated heterocycles. The van der Waals surface area contributed by atoms with Crippen LogP contribution in [0.3, 0.4) is 0 Å². The van der Waals surface area contributed by atoms with E-state index in [2.05, 4.69) is 31.3 Å². The van der Waals surface area contributed by atoms with E-state index in [4.69, 9.17) is 17.4 Å². The molecule has 18 heavy (non-hydrogen) atoms. The summed E-state index contributed by atoms with van der Waals surface area (Å²) in [5, 5.41) is 0.595. The molecule has 4 nitrogen and oxygen atoms in total. The van der Waals surface area contributed by atoms with Gasteiger partial charge in [-0.15, -0.1) is 0 Å². The Balaban J connectivity index is 2.20. The first-order chi connectivity index (χ1) is 8.70. The van der Waals surface area contributed by atoms with Crippen molar-refractivity contribution in [2.75, 3.05) is 0 Å². The number of halogens is 2. The van der Waals surface area contributed by atoms with Crippen LogP contribution >= 0.6 is 27.5 Å². The Morgan fingerprint density at radius 3 is 2.78 bits per heavy atom. The fraction of sp³-hybridized carbons (Fsp3) is 0.167. The molecule has 2 heterocycles. The highest BCUT2D eigenvalue weighted by atomic mass is 79.9.